The number of carbonyl (C=O) groups is 4. The number of anilines is 1. The molecule has 0 aliphatic carbocycles. The molecule has 31 heavy (non-hydrogen) atoms. The van der Waals surface area contributed by atoms with Crippen LogP contribution < -0.4 is 5.32 Å². The van der Waals surface area contributed by atoms with Gasteiger partial charge in [0.15, 0.2) is 0 Å². The number of hydrogen-bond donors (Lipinski definition) is 2. The Morgan fingerprint density at radius 1 is 1.06 bits per heavy atom. The minimum atomic E-state index is -1.04. The summed E-state index contributed by atoms with van der Waals surface area (Å²) in [5.41, 5.74) is 2.67. The summed E-state index contributed by atoms with van der Waals surface area (Å²) in [4.78, 5) is 49.3. The number of nitrogens with zero attached hydrogens (tertiary/aromatic N) is 1. The Hall–Kier alpha value is -3.39. The van der Waals surface area contributed by atoms with Gasteiger partial charge in [0, 0.05) is 18.7 Å². The van der Waals surface area contributed by atoms with Crippen molar-refractivity contribution in [3.8, 4) is 0 Å². The van der Waals surface area contributed by atoms with Crippen LogP contribution in [0.5, 0.6) is 0 Å². The van der Waals surface area contributed by atoms with E-state index in [1.807, 2.05) is 24.3 Å². The third-order valence-corrected chi connectivity index (χ3v) is 5.67. The molecule has 2 N–H and O–H groups in total. The molecule has 1 aliphatic heterocycles. The molecule has 2 aromatic carbocycles. The normalized spacial score (nSPS) is 14.9. The van der Waals surface area contributed by atoms with Crippen LogP contribution in [0.25, 0.3) is 6.08 Å². The molecule has 0 atom stereocenters. The molecule has 0 spiro atoms. The van der Waals surface area contributed by atoms with E-state index in [-0.39, 0.29) is 35.6 Å². The minimum Gasteiger partial charge on any atom is -0.478 e. The molecule has 0 unspecified atom stereocenters. The van der Waals surface area contributed by atoms with Gasteiger partial charge < -0.3 is 10.4 Å². The lowest BCUT2D eigenvalue weighted by Crippen LogP contribution is -2.29. The highest BCUT2D eigenvalue weighted by molar-refractivity contribution is 8.18. The number of nitrogens with one attached hydrogen (secondary N) is 1. The van der Waals surface area contributed by atoms with Crippen LogP contribution in [0.2, 0.25) is 0 Å². The highest BCUT2D eigenvalue weighted by Crippen LogP contribution is 2.32. The van der Waals surface area contributed by atoms with Gasteiger partial charge in [-0.15, -0.1) is 0 Å². The van der Waals surface area contributed by atoms with Gasteiger partial charge in [-0.2, -0.15) is 0 Å². The molecular weight excluding hydrogens is 416 g/mol. The number of amides is 3. The predicted octanol–water partition coefficient (Wildman–Crippen LogP) is 4.40. The summed E-state index contributed by atoms with van der Waals surface area (Å²) in [6.07, 6.45) is 3.09. The van der Waals surface area contributed by atoms with Crippen LogP contribution in [0, 0.1) is 0 Å². The SMILES string of the molecule is CCc1ccc(/C=C2\SC(=O)N(CCCC(=O)Nc3ccc(C(=O)O)cc3)C2=O)cc1. The van der Waals surface area contributed by atoms with Crippen LogP contribution in [0.15, 0.2) is 53.4 Å². The van der Waals surface area contributed by atoms with Gasteiger partial charge in [0.25, 0.3) is 11.1 Å². The Kier molecular flexibility index (Phi) is 7.25. The predicted molar refractivity (Wildman–Crippen MR) is 120 cm³/mol. The Morgan fingerprint density at radius 3 is 2.35 bits per heavy atom. The highest BCUT2D eigenvalue weighted by Gasteiger charge is 2.34. The van der Waals surface area contributed by atoms with Crippen molar-refractivity contribution in [2.45, 2.75) is 26.2 Å². The second-order valence-electron chi connectivity index (χ2n) is 6.96. The van der Waals surface area contributed by atoms with E-state index in [1.165, 1.54) is 29.8 Å². The first-order valence-corrected chi connectivity index (χ1v) is 10.7. The molecule has 0 radical (unpaired) electrons. The molecule has 0 saturated carbocycles. The van der Waals surface area contributed by atoms with E-state index in [2.05, 4.69) is 12.2 Å². The molecule has 1 aliphatic rings. The Bertz CT molecular complexity index is 1030. The number of aromatic carboxylic acids is 1. The van der Waals surface area contributed by atoms with Crippen molar-refractivity contribution in [2.24, 2.45) is 0 Å². The molecular formula is C23H22N2O5S. The van der Waals surface area contributed by atoms with Crippen LogP contribution in [0.1, 0.15) is 41.3 Å². The van der Waals surface area contributed by atoms with Gasteiger partial charge in [-0.25, -0.2) is 4.79 Å². The van der Waals surface area contributed by atoms with Crippen molar-refractivity contribution in [2.75, 3.05) is 11.9 Å². The first-order valence-electron chi connectivity index (χ1n) is 9.85. The zero-order chi connectivity index (χ0) is 22.4. The molecule has 2 aromatic rings. The van der Waals surface area contributed by atoms with E-state index in [1.54, 1.807) is 6.08 Å². The lowest BCUT2D eigenvalue weighted by Gasteiger charge is -2.12. The Labute approximate surface area is 184 Å². The van der Waals surface area contributed by atoms with Crippen LogP contribution >= 0.6 is 11.8 Å². The molecule has 1 fully saturated rings. The van der Waals surface area contributed by atoms with Gasteiger partial charge in [0.1, 0.15) is 0 Å². The Balaban J connectivity index is 1.51. The topological polar surface area (TPSA) is 104 Å². The average molecular weight is 439 g/mol. The van der Waals surface area contributed by atoms with Crippen LogP contribution in [0.3, 0.4) is 0 Å². The molecule has 3 rings (SSSR count). The van der Waals surface area contributed by atoms with Crippen LogP contribution in [-0.4, -0.2) is 39.6 Å². The highest BCUT2D eigenvalue weighted by atomic mass is 32.2. The summed E-state index contributed by atoms with van der Waals surface area (Å²) >= 11 is 0.902. The number of aryl methyl sites for hydroxylation is 1. The first kappa shape index (κ1) is 22.3. The smallest absolute Gasteiger partial charge is 0.335 e. The summed E-state index contributed by atoms with van der Waals surface area (Å²) in [6.45, 7) is 2.22. The fourth-order valence-corrected chi connectivity index (χ4v) is 3.88. The van der Waals surface area contributed by atoms with Crippen LogP contribution in [-0.2, 0) is 16.0 Å². The van der Waals surface area contributed by atoms with Crippen molar-refractivity contribution in [1.29, 1.82) is 0 Å². The third kappa shape index (κ3) is 5.82. The summed E-state index contributed by atoms with van der Waals surface area (Å²) in [6, 6.07) is 13.6. The van der Waals surface area contributed by atoms with E-state index in [0.29, 0.717) is 17.0 Å². The fourth-order valence-electron chi connectivity index (χ4n) is 3.01. The van der Waals surface area contributed by atoms with Gasteiger partial charge in [-0.05, 0) is 66.1 Å². The number of carbonyl (C=O) groups excluding carboxylic acids is 3. The standard InChI is InChI=1S/C23H22N2O5S/c1-2-15-5-7-16(8-6-15)14-19-21(27)25(23(30)31-19)13-3-4-20(26)24-18-11-9-17(10-12-18)22(28)29/h5-12,14H,2-4,13H2,1H3,(H,24,26)(H,28,29)/b19-14-. The zero-order valence-corrected chi connectivity index (χ0v) is 17.8. The van der Waals surface area contributed by atoms with E-state index in [9.17, 15) is 19.2 Å². The molecule has 8 heteroatoms. The number of carboxylic acid groups (broad SMARTS) is 1. The minimum absolute atomic E-state index is 0.125. The number of imide groups is 1. The van der Waals surface area contributed by atoms with E-state index >= 15 is 0 Å². The monoisotopic (exact) mass is 438 g/mol. The zero-order valence-electron chi connectivity index (χ0n) is 17.0. The maximum atomic E-state index is 12.6. The van der Waals surface area contributed by atoms with Gasteiger partial charge >= 0.3 is 5.97 Å². The van der Waals surface area contributed by atoms with Crippen molar-refractivity contribution in [3.05, 3.63) is 70.1 Å². The van der Waals surface area contributed by atoms with Gasteiger partial charge in [-0.3, -0.25) is 19.3 Å². The molecule has 160 valence electrons. The maximum Gasteiger partial charge on any atom is 0.335 e. The fraction of sp³-hybridized carbons (Fsp3) is 0.217. The molecule has 7 nitrogen and oxygen atoms in total. The quantitative estimate of drug-likeness (QED) is 0.592. The summed E-state index contributed by atoms with van der Waals surface area (Å²) in [7, 11) is 0. The molecule has 0 bridgehead atoms. The average Bonchev–Trinajstić information content (AvgIpc) is 3.02. The summed E-state index contributed by atoms with van der Waals surface area (Å²) in [5, 5.41) is 11.2. The first-order chi connectivity index (χ1) is 14.9. The van der Waals surface area contributed by atoms with Crippen molar-refractivity contribution in [1.82, 2.24) is 4.90 Å². The van der Waals surface area contributed by atoms with E-state index in [4.69, 9.17) is 5.11 Å². The van der Waals surface area contributed by atoms with Crippen LogP contribution in [0.4, 0.5) is 10.5 Å². The lowest BCUT2D eigenvalue weighted by molar-refractivity contribution is -0.123. The molecule has 0 aromatic heterocycles. The summed E-state index contributed by atoms with van der Waals surface area (Å²) in [5.74, 6) is -1.66. The van der Waals surface area contributed by atoms with Crippen molar-refractivity contribution < 1.29 is 24.3 Å². The molecule has 1 saturated heterocycles. The van der Waals surface area contributed by atoms with E-state index < -0.39 is 5.97 Å². The number of benzene rings is 2. The largest absolute Gasteiger partial charge is 0.478 e. The van der Waals surface area contributed by atoms with Gasteiger partial charge in [-0.1, -0.05) is 31.2 Å². The lowest BCUT2D eigenvalue weighted by atomic mass is 10.1. The maximum absolute atomic E-state index is 12.6. The number of carboxylic acids is 1. The number of thioether (sulfide) groups is 1. The van der Waals surface area contributed by atoms with Crippen molar-refractivity contribution in [3.63, 3.8) is 0 Å². The molecule has 1 heterocycles. The van der Waals surface area contributed by atoms with E-state index in [0.717, 1.165) is 28.6 Å². The Morgan fingerprint density at radius 2 is 1.74 bits per heavy atom. The van der Waals surface area contributed by atoms with Gasteiger partial charge in [0.05, 0.1) is 10.5 Å². The second-order valence-corrected chi connectivity index (χ2v) is 7.96. The molecule has 3 amide bonds. The third-order valence-electron chi connectivity index (χ3n) is 4.76. The summed E-state index contributed by atoms with van der Waals surface area (Å²) < 4.78 is 0. The number of rotatable bonds is 8. The number of hydrogen-bond acceptors (Lipinski definition) is 5. The van der Waals surface area contributed by atoms with Gasteiger partial charge in [0.2, 0.25) is 5.91 Å². The van der Waals surface area contributed by atoms with Crippen molar-refractivity contribution >= 4 is 46.5 Å². The second kappa shape index (κ2) is 10.1.